The quantitative estimate of drug-likeness (QED) is 0.287. The lowest BCUT2D eigenvalue weighted by Crippen LogP contribution is -2.24. The summed E-state index contributed by atoms with van der Waals surface area (Å²) in [7, 11) is 0. The van der Waals surface area contributed by atoms with Gasteiger partial charge in [0.25, 0.3) is 0 Å². The number of amides is 1. The molecule has 0 atom stereocenters. The Hall–Kier alpha value is -4.60. The summed E-state index contributed by atoms with van der Waals surface area (Å²) in [6.45, 7) is -0.108. The van der Waals surface area contributed by atoms with E-state index >= 15 is 0 Å². The smallest absolute Gasteiger partial charge is 0.481 e. The first kappa shape index (κ1) is 25.1. The number of alkyl halides is 3. The van der Waals surface area contributed by atoms with E-state index < -0.39 is 29.6 Å². The Kier molecular flexibility index (Phi) is 6.40. The van der Waals surface area contributed by atoms with Gasteiger partial charge in [0.15, 0.2) is 5.82 Å². The summed E-state index contributed by atoms with van der Waals surface area (Å²) in [5.74, 6) is -1.39. The first-order valence-corrected chi connectivity index (χ1v) is 11.7. The first-order chi connectivity index (χ1) is 18.2. The zero-order valence-electron chi connectivity index (χ0n) is 19.9. The van der Waals surface area contributed by atoms with Gasteiger partial charge in [-0.05, 0) is 40.7 Å². The molecule has 3 aromatic carbocycles. The fraction of sp³-hybridized carbons (Fsp3) is 0.179. The van der Waals surface area contributed by atoms with Crippen molar-refractivity contribution in [2.45, 2.75) is 31.2 Å². The molecular weight excluding hydrogens is 499 g/mol. The number of benzene rings is 3. The van der Waals surface area contributed by atoms with Crippen molar-refractivity contribution in [2.24, 2.45) is 0 Å². The number of hydrogen-bond donors (Lipinski definition) is 2. The van der Waals surface area contributed by atoms with E-state index in [1.807, 2.05) is 12.1 Å². The van der Waals surface area contributed by atoms with Crippen LogP contribution in [0, 0.1) is 0 Å². The van der Waals surface area contributed by atoms with Crippen molar-refractivity contribution in [3.05, 3.63) is 96.2 Å². The Bertz CT molecular complexity index is 1460. The first-order valence-electron chi connectivity index (χ1n) is 11.7. The molecule has 0 bridgehead atoms. The van der Waals surface area contributed by atoms with Crippen molar-refractivity contribution in [3.63, 3.8) is 0 Å². The molecule has 10 heteroatoms. The van der Waals surface area contributed by atoms with Crippen molar-refractivity contribution in [1.29, 1.82) is 0 Å². The number of aromatic nitrogens is 2. The third-order valence-corrected chi connectivity index (χ3v) is 6.57. The fourth-order valence-electron chi connectivity index (χ4n) is 4.30. The maximum Gasteiger partial charge on any atom is 0.506 e. The molecule has 38 heavy (non-hydrogen) atoms. The monoisotopic (exact) mass is 521 g/mol. The fourth-order valence-corrected chi connectivity index (χ4v) is 4.30. The van der Waals surface area contributed by atoms with Gasteiger partial charge in [0.05, 0.1) is 11.6 Å². The van der Waals surface area contributed by atoms with Crippen molar-refractivity contribution in [2.75, 3.05) is 5.32 Å². The van der Waals surface area contributed by atoms with Gasteiger partial charge in [-0.25, -0.2) is 4.79 Å². The molecule has 0 unspecified atom stereocenters. The molecule has 0 saturated heterocycles. The third kappa shape index (κ3) is 4.97. The summed E-state index contributed by atoms with van der Waals surface area (Å²) in [5, 5.41) is 15.1. The maximum atomic E-state index is 13.6. The minimum absolute atomic E-state index is 0.0676. The van der Waals surface area contributed by atoms with E-state index in [0.717, 1.165) is 22.9 Å². The molecule has 1 aromatic heterocycles. The van der Waals surface area contributed by atoms with Gasteiger partial charge in [0, 0.05) is 5.56 Å². The summed E-state index contributed by atoms with van der Waals surface area (Å²) in [5.41, 5.74) is 2.73. The van der Waals surface area contributed by atoms with E-state index in [1.165, 1.54) is 0 Å². The number of carboxylic acids is 1. The Morgan fingerprint density at radius 3 is 2.05 bits per heavy atom. The van der Waals surface area contributed by atoms with Crippen LogP contribution in [0.2, 0.25) is 0 Å². The van der Waals surface area contributed by atoms with E-state index in [1.54, 1.807) is 66.7 Å². The third-order valence-electron chi connectivity index (χ3n) is 6.57. The van der Waals surface area contributed by atoms with Gasteiger partial charge < -0.3 is 9.84 Å². The number of hydrogen-bond acceptors (Lipinski definition) is 4. The zero-order chi connectivity index (χ0) is 26.9. The number of aliphatic carboxylic acids is 1. The minimum Gasteiger partial charge on any atom is -0.481 e. The maximum absolute atomic E-state index is 13.6. The number of carboxylic acid groups (broad SMARTS) is 1. The molecule has 2 N–H and O–H groups in total. The van der Waals surface area contributed by atoms with Gasteiger partial charge >= 0.3 is 18.4 Å². The number of nitrogens with one attached hydrogen (secondary N) is 1. The van der Waals surface area contributed by atoms with Crippen LogP contribution in [0.25, 0.3) is 22.3 Å². The second kappa shape index (κ2) is 9.70. The second-order valence-electron chi connectivity index (χ2n) is 9.02. The van der Waals surface area contributed by atoms with E-state index in [-0.39, 0.29) is 16.9 Å². The van der Waals surface area contributed by atoms with Gasteiger partial charge in [0.1, 0.15) is 6.61 Å². The largest absolute Gasteiger partial charge is 0.506 e. The van der Waals surface area contributed by atoms with Crippen LogP contribution in [0.4, 0.5) is 23.8 Å². The van der Waals surface area contributed by atoms with E-state index in [4.69, 9.17) is 4.74 Å². The Labute approximate surface area is 215 Å². The molecule has 1 aliphatic carbocycles. The van der Waals surface area contributed by atoms with Crippen LogP contribution in [0.1, 0.15) is 24.0 Å². The molecule has 7 nitrogen and oxygen atoms in total. The van der Waals surface area contributed by atoms with Gasteiger partial charge in [-0.1, -0.05) is 78.9 Å². The van der Waals surface area contributed by atoms with Gasteiger partial charge in [-0.2, -0.15) is 9.78 Å². The number of nitrogens with zero attached hydrogens (tertiary/aromatic N) is 2. The topological polar surface area (TPSA) is 93.5 Å². The van der Waals surface area contributed by atoms with E-state index in [9.17, 15) is 27.9 Å². The van der Waals surface area contributed by atoms with Gasteiger partial charge in [0.2, 0.25) is 0 Å². The molecule has 4 aromatic rings. The zero-order valence-corrected chi connectivity index (χ0v) is 19.9. The molecule has 5 rings (SSSR count). The normalized spacial score (nSPS) is 14.1. The van der Waals surface area contributed by atoms with Crippen LogP contribution in [0.15, 0.2) is 85.1 Å². The standard InChI is InChI=1S/C28H22F3N3O4/c29-28(30,31)34-24(33-26(37)38-17-18-4-2-1-3-5-18)23(16-32-34)21-8-6-19(7-9-21)20-10-12-22(13-11-20)27(14-15-27)25(35)36/h1-13,16H,14-15,17H2,(H,33,37)(H,35,36). The molecule has 0 spiro atoms. The summed E-state index contributed by atoms with van der Waals surface area (Å²) in [6.07, 6.45) is -3.66. The minimum atomic E-state index is -4.86. The number of rotatable bonds is 7. The highest BCUT2D eigenvalue weighted by molar-refractivity contribution is 5.90. The summed E-state index contributed by atoms with van der Waals surface area (Å²) in [6, 6.07) is 22.7. The highest BCUT2D eigenvalue weighted by Crippen LogP contribution is 2.48. The SMILES string of the molecule is O=C(Nc1c(-c2ccc(-c3ccc(C4(C(=O)O)CC4)cc3)cc2)cnn1C(F)(F)F)OCc1ccccc1. The number of carbonyl (C=O) groups excluding carboxylic acids is 1. The lowest BCUT2D eigenvalue weighted by Gasteiger charge is -2.14. The summed E-state index contributed by atoms with van der Waals surface area (Å²) in [4.78, 5) is 23.9. The Morgan fingerprint density at radius 2 is 1.50 bits per heavy atom. The highest BCUT2D eigenvalue weighted by Gasteiger charge is 2.51. The van der Waals surface area contributed by atoms with Crippen molar-refractivity contribution >= 4 is 17.9 Å². The lowest BCUT2D eigenvalue weighted by molar-refractivity contribution is -0.210. The Balaban J connectivity index is 1.36. The van der Waals surface area contributed by atoms with Crippen molar-refractivity contribution in [1.82, 2.24) is 9.78 Å². The van der Waals surface area contributed by atoms with Crippen molar-refractivity contribution < 1.29 is 32.6 Å². The van der Waals surface area contributed by atoms with Gasteiger partial charge in [-0.15, -0.1) is 13.2 Å². The van der Waals surface area contributed by atoms with Crippen LogP contribution in [-0.2, 0) is 27.9 Å². The van der Waals surface area contributed by atoms with E-state index in [2.05, 4.69) is 10.4 Å². The highest BCUT2D eigenvalue weighted by atomic mass is 19.4. The second-order valence-corrected chi connectivity index (χ2v) is 9.02. The van der Waals surface area contributed by atoms with E-state index in [0.29, 0.717) is 24.0 Å². The summed E-state index contributed by atoms with van der Waals surface area (Å²) >= 11 is 0. The Morgan fingerprint density at radius 1 is 0.921 bits per heavy atom. The molecule has 1 saturated carbocycles. The van der Waals surface area contributed by atoms with Crippen molar-refractivity contribution in [3.8, 4) is 22.3 Å². The van der Waals surface area contributed by atoms with Crippen LogP contribution < -0.4 is 5.32 Å². The predicted molar refractivity (Wildman–Crippen MR) is 133 cm³/mol. The molecule has 1 amide bonds. The average molecular weight is 521 g/mol. The molecule has 1 aliphatic rings. The van der Waals surface area contributed by atoms with Crippen LogP contribution in [0.3, 0.4) is 0 Å². The number of anilines is 1. The molecule has 1 heterocycles. The number of carbonyl (C=O) groups is 2. The number of halogens is 3. The summed E-state index contributed by atoms with van der Waals surface area (Å²) < 4.78 is 45.7. The molecular formula is C28H22F3N3O4. The predicted octanol–water partition coefficient (Wildman–Crippen LogP) is 6.56. The lowest BCUT2D eigenvalue weighted by atomic mass is 9.93. The number of ether oxygens (including phenoxy) is 1. The molecule has 0 radical (unpaired) electrons. The van der Waals surface area contributed by atoms with Crippen LogP contribution in [0.5, 0.6) is 0 Å². The van der Waals surface area contributed by atoms with Crippen LogP contribution in [-0.4, -0.2) is 26.9 Å². The van der Waals surface area contributed by atoms with Gasteiger partial charge in [-0.3, -0.25) is 10.1 Å². The average Bonchev–Trinajstić information content (AvgIpc) is 3.62. The molecule has 1 fully saturated rings. The molecule has 194 valence electrons. The van der Waals surface area contributed by atoms with Crippen LogP contribution >= 0.6 is 0 Å². The molecule has 0 aliphatic heterocycles.